The number of likely N-dealkylation sites (N-methyl/N-ethyl adjacent to an activating group) is 5. The minimum absolute atomic E-state index is 0.0435. The van der Waals surface area contributed by atoms with Gasteiger partial charge in [0.15, 0.2) is 0 Å². The minimum atomic E-state index is -0.799. The molecule has 0 aromatic heterocycles. The predicted octanol–water partition coefficient (Wildman–Crippen LogP) is 10.4. The van der Waals surface area contributed by atoms with Crippen molar-refractivity contribution in [3.63, 3.8) is 0 Å². The maximum Gasteiger partial charge on any atom is 0.321 e. The van der Waals surface area contributed by atoms with E-state index in [0.29, 0.717) is 71.4 Å². The van der Waals surface area contributed by atoms with Crippen LogP contribution in [0.2, 0.25) is 0 Å². The third-order valence-corrected chi connectivity index (χ3v) is 26.1. The number of benzene rings is 7. The number of nitrogens with zero attached hydrogens (tertiary/aromatic N) is 15. The highest BCUT2D eigenvalue weighted by Crippen LogP contribution is 2.36. The third-order valence-electron chi connectivity index (χ3n) is 26.1. The van der Waals surface area contributed by atoms with Crippen LogP contribution in [0.15, 0.2) is 176 Å². The number of likely N-dealkylation sites (tertiary alicyclic amines) is 4. The van der Waals surface area contributed by atoms with Gasteiger partial charge in [0.2, 0.25) is 0 Å². The number of ether oxygens (including phenoxy) is 1. The molecule has 121 heavy (non-hydrogen) atoms. The molecule has 10 heterocycles. The van der Waals surface area contributed by atoms with Crippen molar-refractivity contribution in [2.24, 2.45) is 0 Å². The van der Waals surface area contributed by atoms with Gasteiger partial charge in [0.1, 0.15) is 6.10 Å². The van der Waals surface area contributed by atoms with E-state index in [9.17, 15) is 39.0 Å². The number of nitrogens with two attached hydrogens (primary N) is 1. The molecular formula is C95H131N17O9. The second-order valence-electron chi connectivity index (χ2n) is 34.9. The number of urea groups is 5. The topological polar surface area (TPSA) is 239 Å². The molecule has 1 atom stereocenters. The lowest BCUT2D eigenvalue weighted by Gasteiger charge is -2.42. The number of carbonyl (C=O) groups excluding carboxylic acids is 6. The third kappa shape index (κ3) is 23.9. The molecule has 1 unspecified atom stereocenters. The summed E-state index contributed by atoms with van der Waals surface area (Å²) < 4.78 is 6.63. The molecule has 9 saturated heterocycles. The van der Waals surface area contributed by atoms with Gasteiger partial charge in [-0.05, 0) is 140 Å². The average molecular weight is 1660 g/mol. The molecule has 10 aliphatic rings. The molecular weight excluding hydrogens is 1520 g/mol. The van der Waals surface area contributed by atoms with Crippen molar-refractivity contribution >= 4 is 58.2 Å². The molecule has 11 amide bonds. The number of hydrogen-bond acceptors (Lipinski definition) is 15. The normalized spacial score (nSPS) is 20.9. The molecule has 17 rings (SSSR count). The van der Waals surface area contributed by atoms with Crippen LogP contribution in [0, 0.1) is 6.92 Å². The highest BCUT2D eigenvalue weighted by molar-refractivity contribution is 6.05. The fourth-order valence-electron chi connectivity index (χ4n) is 17.9. The Bertz CT molecular complexity index is 4430. The largest absolute Gasteiger partial charge is 0.398 e. The maximum absolute atomic E-state index is 13.0. The SMILES string of the molecule is CN1CCN(C(=O)N2CCC(N3Cc4ccccc4C3=O)CC2)CC1.CN1CCN(C(=O)N2CCC(O)(Cc3ccccc3)CC2)CC1.CN1CCN(C(=O)N2CCCC(OC(c3ccccc3)c3ccccc3)C2)CC1.CN1CCN(C(=O)Nc2cccc3c(N)cccc23)CC1.Cc1ccc(C2(O)CCN(C(=O)N3CCN(C)CC3)CC2)cc1. The van der Waals surface area contributed by atoms with Crippen molar-refractivity contribution in [3.05, 3.63) is 215 Å². The van der Waals surface area contributed by atoms with Gasteiger partial charge in [-0.15, -0.1) is 0 Å². The number of piperidine rings is 4. The number of hydrogen-bond donors (Lipinski definition) is 4. The maximum atomic E-state index is 13.0. The van der Waals surface area contributed by atoms with Gasteiger partial charge in [-0.2, -0.15) is 0 Å². The molecule has 5 N–H and O–H groups in total. The summed E-state index contributed by atoms with van der Waals surface area (Å²) in [7, 11) is 10.5. The zero-order chi connectivity index (χ0) is 85.0. The summed E-state index contributed by atoms with van der Waals surface area (Å²) in [6, 6.07) is 59.2. The van der Waals surface area contributed by atoms with Crippen LogP contribution in [0.4, 0.5) is 35.3 Å². The van der Waals surface area contributed by atoms with Crippen LogP contribution in [-0.2, 0) is 23.3 Å². The molecule has 0 spiro atoms. The van der Waals surface area contributed by atoms with Crippen molar-refractivity contribution in [1.29, 1.82) is 0 Å². The summed E-state index contributed by atoms with van der Waals surface area (Å²) in [4.78, 5) is 107. The van der Waals surface area contributed by atoms with E-state index < -0.39 is 11.2 Å². The standard InChI is InChI=1S/C24H31N3O2.C19H26N4O2.2C18H27N3O2.C16H20N4O/c1-25-15-17-26(18-16-25)24(28)27-14-8-13-22(19-27)29-23(20-9-4-2-5-10-20)21-11-6-3-7-12-21;1-20-10-12-22(13-11-20)19(25)21-8-6-16(7-9-21)23-14-15-4-2-3-5-17(15)18(23)24;1-15-3-5-16(6-4-15)18(23)7-9-20(10-8-18)17(22)21-13-11-19(2)12-14-21;1-19-11-13-21(14-12-19)17(22)20-9-7-18(23,8-10-20)15-16-5-3-2-4-6-16;1-19-8-10-20(11-9-19)16(21)18-15-7-3-4-12-13(15)5-2-6-14(12)17/h2-7,9-12,22-23H,8,13-19H2,1H3;2-5,16H,6-14H2,1H3;3-6,23H,7-14H2,1-2H3;2-6,23H,7-15H2,1H3;2-7H,8-11,17H2,1H3,(H,18,21). The summed E-state index contributed by atoms with van der Waals surface area (Å²) >= 11 is 0. The van der Waals surface area contributed by atoms with Crippen LogP contribution >= 0.6 is 0 Å². The second kappa shape index (κ2) is 42.3. The van der Waals surface area contributed by atoms with Gasteiger partial charge in [0, 0.05) is 224 Å². The summed E-state index contributed by atoms with van der Waals surface area (Å²) in [5, 5.41) is 26.7. The number of aryl methyl sites for hydroxylation is 1. The molecule has 26 heteroatoms. The Morgan fingerprint density at radius 1 is 0.430 bits per heavy atom. The van der Waals surface area contributed by atoms with Crippen LogP contribution in [0.1, 0.15) is 101 Å². The van der Waals surface area contributed by atoms with Gasteiger partial charge in [-0.1, -0.05) is 163 Å². The van der Waals surface area contributed by atoms with Crippen LogP contribution in [-0.4, -0.2) is 356 Å². The lowest BCUT2D eigenvalue weighted by atomic mass is 9.84. The molecule has 9 fully saturated rings. The molecule has 650 valence electrons. The van der Waals surface area contributed by atoms with E-state index in [4.69, 9.17) is 10.5 Å². The molecule has 0 aliphatic carbocycles. The Balaban J connectivity index is 0.000000131. The van der Waals surface area contributed by atoms with Crippen LogP contribution < -0.4 is 11.1 Å². The Kier molecular flexibility index (Phi) is 31.0. The van der Waals surface area contributed by atoms with Crippen LogP contribution in [0.25, 0.3) is 10.8 Å². The first-order valence-electron chi connectivity index (χ1n) is 44.1. The van der Waals surface area contributed by atoms with Crippen molar-refractivity contribution in [3.8, 4) is 0 Å². The number of amides is 11. The van der Waals surface area contributed by atoms with Crippen LogP contribution in [0.3, 0.4) is 0 Å². The smallest absolute Gasteiger partial charge is 0.321 e. The monoisotopic (exact) mass is 1650 g/mol. The number of rotatable bonds is 9. The summed E-state index contributed by atoms with van der Waals surface area (Å²) in [6.07, 6.45) is 6.85. The summed E-state index contributed by atoms with van der Waals surface area (Å²) in [5.41, 5.74) is 13.6. The zero-order valence-electron chi connectivity index (χ0n) is 72.4. The summed E-state index contributed by atoms with van der Waals surface area (Å²) in [6.45, 7) is 25.6. The van der Waals surface area contributed by atoms with E-state index in [1.54, 1.807) is 0 Å². The van der Waals surface area contributed by atoms with E-state index in [1.807, 2.05) is 171 Å². The van der Waals surface area contributed by atoms with Crippen molar-refractivity contribution in [2.75, 3.05) is 230 Å². The number of nitrogen functional groups attached to an aromatic ring is 1. The molecule has 10 aliphatic heterocycles. The van der Waals surface area contributed by atoms with Gasteiger partial charge in [-0.3, -0.25) is 4.79 Å². The van der Waals surface area contributed by atoms with E-state index in [1.165, 1.54) is 5.56 Å². The first-order chi connectivity index (χ1) is 58.5. The lowest BCUT2D eigenvalue weighted by molar-refractivity contribution is -0.0285. The Labute approximate surface area is 716 Å². The number of carbonyl (C=O) groups is 6. The number of fused-ring (bicyclic) bond motifs is 2. The van der Waals surface area contributed by atoms with Crippen molar-refractivity contribution < 1.29 is 43.7 Å². The van der Waals surface area contributed by atoms with E-state index >= 15 is 0 Å². The fourth-order valence-corrected chi connectivity index (χ4v) is 17.9. The predicted molar refractivity (Wildman–Crippen MR) is 477 cm³/mol. The van der Waals surface area contributed by atoms with Gasteiger partial charge in [0.05, 0.1) is 23.0 Å². The van der Waals surface area contributed by atoms with Crippen molar-refractivity contribution in [1.82, 2.24) is 73.5 Å². The average Bonchev–Trinajstić information content (AvgIpc) is 1.23. The van der Waals surface area contributed by atoms with Gasteiger partial charge in [-0.25, -0.2) is 24.0 Å². The zero-order valence-corrected chi connectivity index (χ0v) is 72.4. The Hall–Kier alpha value is -9.90. The van der Waals surface area contributed by atoms with Gasteiger partial charge < -0.3 is 99.5 Å². The Morgan fingerprint density at radius 3 is 1.33 bits per heavy atom. The quantitative estimate of drug-likeness (QED) is 0.0983. The van der Waals surface area contributed by atoms with Crippen molar-refractivity contribution in [2.45, 2.75) is 101 Å². The van der Waals surface area contributed by atoms with E-state index in [0.717, 1.165) is 232 Å². The molecule has 0 bridgehead atoms. The molecule has 0 saturated carbocycles. The van der Waals surface area contributed by atoms with Gasteiger partial charge in [0.25, 0.3) is 5.91 Å². The number of anilines is 2. The number of nitrogens with one attached hydrogen (secondary N) is 1. The first kappa shape index (κ1) is 88.9. The lowest BCUT2D eigenvalue weighted by Crippen LogP contribution is -2.55. The molecule has 7 aromatic carbocycles. The van der Waals surface area contributed by atoms with E-state index in [-0.39, 0.29) is 54.3 Å². The Morgan fingerprint density at radius 2 is 0.843 bits per heavy atom. The van der Waals surface area contributed by atoms with Crippen LogP contribution in [0.5, 0.6) is 0 Å². The number of aliphatic hydroxyl groups is 2. The minimum Gasteiger partial charge on any atom is -0.398 e. The fraction of sp³-hybridized carbons (Fsp3) is 0.516. The molecule has 0 radical (unpaired) electrons. The highest BCUT2D eigenvalue weighted by atomic mass is 16.5. The van der Waals surface area contributed by atoms with Gasteiger partial charge >= 0.3 is 30.2 Å². The van der Waals surface area contributed by atoms with E-state index in [2.05, 4.69) is 126 Å². The number of piperazine rings is 5. The summed E-state index contributed by atoms with van der Waals surface area (Å²) in [5.74, 6) is 0.152. The highest BCUT2D eigenvalue weighted by Gasteiger charge is 2.41. The molecule has 7 aromatic rings. The second-order valence-corrected chi connectivity index (χ2v) is 34.9. The molecule has 26 nitrogen and oxygen atoms in total. The first-order valence-corrected chi connectivity index (χ1v) is 44.1.